The Labute approximate surface area is 190 Å². The lowest BCUT2D eigenvalue weighted by Crippen LogP contribution is -2.38. The molecule has 9 heteroatoms. The Morgan fingerprint density at radius 1 is 1.13 bits per heavy atom. The highest BCUT2D eigenvalue weighted by Gasteiger charge is 2.32. The molecule has 3 aromatic rings. The first kappa shape index (κ1) is 23.4. The van der Waals surface area contributed by atoms with Crippen LogP contribution in [0.5, 0.6) is 0 Å². The van der Waals surface area contributed by atoms with Gasteiger partial charge in [-0.1, -0.05) is 48.0 Å². The van der Waals surface area contributed by atoms with Gasteiger partial charge >= 0.3 is 5.97 Å². The summed E-state index contributed by atoms with van der Waals surface area (Å²) >= 11 is 8.07. The van der Waals surface area contributed by atoms with E-state index in [0.717, 1.165) is 25.1 Å². The molecule has 0 aliphatic carbocycles. The molecular formula is C22H22ClNO5S2. The van der Waals surface area contributed by atoms with Gasteiger partial charge in [0, 0.05) is 23.0 Å². The quantitative estimate of drug-likeness (QED) is 0.434. The summed E-state index contributed by atoms with van der Waals surface area (Å²) in [5, 5.41) is 2.71. The van der Waals surface area contributed by atoms with Gasteiger partial charge in [0.25, 0.3) is 10.1 Å². The Bertz CT molecular complexity index is 1130. The minimum atomic E-state index is -4.00. The van der Waals surface area contributed by atoms with E-state index in [9.17, 15) is 13.2 Å². The van der Waals surface area contributed by atoms with Crippen molar-refractivity contribution in [2.45, 2.75) is 23.9 Å². The Balaban J connectivity index is 0.000000229. The van der Waals surface area contributed by atoms with Crippen molar-refractivity contribution in [1.29, 1.82) is 0 Å². The van der Waals surface area contributed by atoms with Crippen LogP contribution in [0.25, 0.3) is 0 Å². The highest BCUT2D eigenvalue weighted by molar-refractivity contribution is 7.85. The number of halogens is 1. The molecule has 1 aromatic heterocycles. The molecule has 6 nitrogen and oxygen atoms in total. The van der Waals surface area contributed by atoms with E-state index >= 15 is 0 Å². The van der Waals surface area contributed by atoms with Crippen molar-refractivity contribution >= 4 is 39.0 Å². The summed E-state index contributed by atoms with van der Waals surface area (Å²) in [6.07, 6.45) is 0.963. The second-order valence-electron chi connectivity index (χ2n) is 6.82. The van der Waals surface area contributed by atoms with Gasteiger partial charge in [0.15, 0.2) is 0 Å². The standard InChI is InChI=1S/C16H16ClNO2S.C6H6O3S/c1-20-16(19)15(12-4-2-3-5-13(12)17)18-8-6-14-11(10-18)7-9-21-14;7-10(8,9)6-4-2-1-3-5-6/h2-5,7,9,15H,6,8,10H2,1H3;1-5H,(H,7,8,9)/t15-;/m1./s1. The number of hydrogen-bond donors (Lipinski definition) is 1. The molecule has 1 N–H and O–H groups in total. The van der Waals surface area contributed by atoms with Gasteiger partial charge in [-0.3, -0.25) is 9.45 Å². The molecule has 0 radical (unpaired) electrons. The molecule has 0 bridgehead atoms. The molecule has 0 amide bonds. The molecule has 0 unspecified atom stereocenters. The number of methoxy groups -OCH3 is 1. The van der Waals surface area contributed by atoms with Gasteiger partial charge in [-0.25, -0.2) is 4.79 Å². The van der Waals surface area contributed by atoms with Crippen LogP contribution in [0.15, 0.2) is 70.9 Å². The van der Waals surface area contributed by atoms with Crippen molar-refractivity contribution in [2.75, 3.05) is 13.7 Å². The predicted octanol–water partition coefficient (Wildman–Crippen LogP) is 4.61. The third-order valence-corrected chi connectivity index (χ3v) is 7.10. The fraction of sp³-hybridized carbons (Fsp3) is 0.227. The third kappa shape index (κ3) is 5.93. The number of fused-ring (bicyclic) bond motifs is 1. The van der Waals surface area contributed by atoms with E-state index < -0.39 is 16.2 Å². The summed E-state index contributed by atoms with van der Waals surface area (Å²) in [4.78, 5) is 15.8. The highest BCUT2D eigenvalue weighted by atomic mass is 35.5. The SMILES string of the molecule is COC(=O)[C@@H](c1ccccc1Cl)N1CCc2sccc2C1.O=S(=O)(O)c1ccccc1. The first-order valence-electron chi connectivity index (χ1n) is 9.45. The molecule has 2 heterocycles. The van der Waals surface area contributed by atoms with Crippen molar-refractivity contribution in [3.63, 3.8) is 0 Å². The number of esters is 1. The Kier molecular flexibility index (Phi) is 7.85. The summed E-state index contributed by atoms with van der Waals surface area (Å²) in [7, 11) is -2.58. The Hall–Kier alpha value is -2.23. The van der Waals surface area contributed by atoms with Crippen LogP contribution in [0.2, 0.25) is 5.02 Å². The lowest BCUT2D eigenvalue weighted by molar-refractivity contribution is -0.147. The number of nitrogens with zero attached hydrogens (tertiary/aromatic N) is 1. The van der Waals surface area contributed by atoms with Crippen LogP contribution in [-0.2, 0) is 32.6 Å². The zero-order chi connectivity index (χ0) is 22.4. The van der Waals surface area contributed by atoms with E-state index in [1.165, 1.54) is 29.7 Å². The van der Waals surface area contributed by atoms with Crippen LogP contribution in [0, 0.1) is 0 Å². The van der Waals surface area contributed by atoms with Crippen molar-refractivity contribution < 1.29 is 22.5 Å². The average Bonchev–Trinajstić information content (AvgIpc) is 3.24. The van der Waals surface area contributed by atoms with Gasteiger partial charge in [0.05, 0.1) is 12.0 Å². The van der Waals surface area contributed by atoms with Crippen LogP contribution < -0.4 is 0 Å². The molecule has 0 saturated heterocycles. The summed E-state index contributed by atoms with van der Waals surface area (Å²) < 4.78 is 34.2. The van der Waals surface area contributed by atoms with Crippen LogP contribution in [0.4, 0.5) is 0 Å². The number of rotatable bonds is 4. The van der Waals surface area contributed by atoms with Gasteiger partial charge in [0.2, 0.25) is 0 Å². The molecule has 1 aliphatic heterocycles. The molecule has 0 fully saturated rings. The molecule has 1 atom stereocenters. The largest absolute Gasteiger partial charge is 0.468 e. The molecule has 164 valence electrons. The Morgan fingerprint density at radius 2 is 1.81 bits per heavy atom. The molecular weight excluding hydrogens is 458 g/mol. The van der Waals surface area contributed by atoms with Gasteiger partial charge in [-0.05, 0) is 47.2 Å². The van der Waals surface area contributed by atoms with Crippen LogP contribution >= 0.6 is 22.9 Å². The summed E-state index contributed by atoms with van der Waals surface area (Å²) in [5.74, 6) is -0.262. The predicted molar refractivity (Wildman–Crippen MR) is 121 cm³/mol. The van der Waals surface area contributed by atoms with E-state index in [4.69, 9.17) is 20.9 Å². The number of benzene rings is 2. The molecule has 2 aromatic carbocycles. The van der Waals surface area contributed by atoms with E-state index in [-0.39, 0.29) is 10.9 Å². The highest BCUT2D eigenvalue weighted by Crippen LogP contribution is 2.33. The van der Waals surface area contributed by atoms with E-state index in [1.807, 2.05) is 24.3 Å². The maximum Gasteiger partial charge on any atom is 0.327 e. The average molecular weight is 480 g/mol. The van der Waals surface area contributed by atoms with Crippen LogP contribution in [-0.4, -0.2) is 37.5 Å². The number of ether oxygens (including phenoxy) is 1. The summed E-state index contributed by atoms with van der Waals surface area (Å²) in [6, 6.07) is 16.6. The fourth-order valence-corrected chi connectivity index (χ4v) is 4.99. The van der Waals surface area contributed by atoms with Crippen LogP contribution in [0.1, 0.15) is 22.0 Å². The van der Waals surface area contributed by atoms with Crippen molar-refractivity contribution in [3.8, 4) is 0 Å². The van der Waals surface area contributed by atoms with E-state index in [1.54, 1.807) is 29.5 Å². The van der Waals surface area contributed by atoms with Crippen LogP contribution in [0.3, 0.4) is 0 Å². The zero-order valence-corrected chi connectivity index (χ0v) is 19.2. The van der Waals surface area contributed by atoms with E-state index in [0.29, 0.717) is 5.02 Å². The lowest BCUT2D eigenvalue weighted by atomic mass is 10.0. The topological polar surface area (TPSA) is 83.9 Å². The van der Waals surface area contributed by atoms with E-state index in [2.05, 4.69) is 16.3 Å². The first-order valence-corrected chi connectivity index (χ1v) is 12.1. The minimum absolute atomic E-state index is 0.0741. The minimum Gasteiger partial charge on any atom is -0.468 e. The zero-order valence-electron chi connectivity index (χ0n) is 16.8. The number of carbonyl (C=O) groups excluding carboxylic acids is 1. The smallest absolute Gasteiger partial charge is 0.327 e. The van der Waals surface area contributed by atoms with Crippen molar-refractivity contribution in [2.24, 2.45) is 0 Å². The molecule has 0 saturated carbocycles. The maximum absolute atomic E-state index is 12.3. The van der Waals surface area contributed by atoms with Crippen molar-refractivity contribution in [3.05, 3.63) is 87.1 Å². The normalized spacial score (nSPS) is 14.7. The van der Waals surface area contributed by atoms with Gasteiger partial charge < -0.3 is 4.74 Å². The fourth-order valence-electron chi connectivity index (χ4n) is 3.36. The second-order valence-corrected chi connectivity index (χ2v) is 9.65. The number of carbonyl (C=O) groups is 1. The van der Waals surface area contributed by atoms with Gasteiger partial charge in [0.1, 0.15) is 6.04 Å². The first-order chi connectivity index (χ1) is 14.8. The summed E-state index contributed by atoms with van der Waals surface area (Å²) in [5.41, 5.74) is 2.11. The second kappa shape index (κ2) is 10.4. The lowest BCUT2D eigenvalue weighted by Gasteiger charge is -2.33. The molecule has 4 rings (SSSR count). The molecule has 31 heavy (non-hydrogen) atoms. The number of hydrogen-bond acceptors (Lipinski definition) is 6. The molecule has 1 aliphatic rings. The van der Waals surface area contributed by atoms with Gasteiger partial charge in [-0.15, -0.1) is 11.3 Å². The van der Waals surface area contributed by atoms with Crippen molar-refractivity contribution in [1.82, 2.24) is 4.90 Å². The maximum atomic E-state index is 12.3. The number of thiophene rings is 1. The monoisotopic (exact) mass is 479 g/mol. The Morgan fingerprint density at radius 3 is 2.42 bits per heavy atom. The third-order valence-electron chi connectivity index (χ3n) is 4.87. The molecule has 0 spiro atoms. The van der Waals surface area contributed by atoms with Gasteiger partial charge in [-0.2, -0.15) is 8.42 Å². The summed E-state index contributed by atoms with van der Waals surface area (Å²) in [6.45, 7) is 1.59.